The first kappa shape index (κ1) is 17.1. The highest BCUT2D eigenvalue weighted by atomic mass is 16.2. The minimum Gasteiger partial charge on any atom is -0.354 e. The molecule has 1 atom stereocenters. The van der Waals surface area contributed by atoms with Crippen molar-refractivity contribution in [3.63, 3.8) is 0 Å². The summed E-state index contributed by atoms with van der Waals surface area (Å²) in [4.78, 5) is 30.0. The minimum atomic E-state index is -0.589. The van der Waals surface area contributed by atoms with Crippen molar-refractivity contribution in [3.8, 4) is 0 Å². The number of aromatic nitrogens is 2. The summed E-state index contributed by atoms with van der Waals surface area (Å²) in [5.74, 6) is -0.548. The Kier molecular flexibility index (Phi) is 8.07. The lowest BCUT2D eigenvalue weighted by atomic mass is 10.1. The number of H-pyrrole nitrogens is 1. The van der Waals surface area contributed by atoms with Gasteiger partial charge in [-0.2, -0.15) is 0 Å². The molecule has 8 nitrogen and oxygen atoms in total. The third kappa shape index (κ3) is 7.42. The predicted octanol–water partition coefficient (Wildman–Crippen LogP) is -1.36. The van der Waals surface area contributed by atoms with E-state index in [0.29, 0.717) is 25.9 Å². The van der Waals surface area contributed by atoms with Gasteiger partial charge in [0.05, 0.1) is 18.9 Å². The zero-order chi connectivity index (χ0) is 15.5. The van der Waals surface area contributed by atoms with Gasteiger partial charge in [-0.05, 0) is 19.4 Å². The number of nitrogens with zero attached hydrogens (tertiary/aromatic N) is 1. The molecule has 1 heterocycles. The molecule has 0 aromatic carbocycles. The predicted molar refractivity (Wildman–Crippen MR) is 79.2 cm³/mol. The van der Waals surface area contributed by atoms with E-state index in [1.807, 2.05) is 0 Å². The number of nitrogens with two attached hydrogens (primary N) is 2. The van der Waals surface area contributed by atoms with Crippen molar-refractivity contribution in [1.29, 1.82) is 0 Å². The van der Waals surface area contributed by atoms with Crippen LogP contribution in [0.3, 0.4) is 0 Å². The van der Waals surface area contributed by atoms with Gasteiger partial charge in [0.2, 0.25) is 11.8 Å². The minimum absolute atomic E-state index is 0.0631. The molecule has 1 aromatic heterocycles. The van der Waals surface area contributed by atoms with Crippen LogP contribution < -0.4 is 22.1 Å². The SMILES string of the molecule is NCCCC[C@H](N)C(=O)NCC(=O)NCCc1cnc[nH]1. The van der Waals surface area contributed by atoms with Crippen molar-refractivity contribution < 1.29 is 9.59 Å². The molecule has 0 saturated carbocycles. The zero-order valence-corrected chi connectivity index (χ0v) is 12.1. The van der Waals surface area contributed by atoms with E-state index in [4.69, 9.17) is 11.5 Å². The Morgan fingerprint density at radius 3 is 2.81 bits per heavy atom. The van der Waals surface area contributed by atoms with Crippen molar-refractivity contribution in [1.82, 2.24) is 20.6 Å². The van der Waals surface area contributed by atoms with Gasteiger partial charge in [-0.15, -0.1) is 0 Å². The van der Waals surface area contributed by atoms with E-state index in [2.05, 4.69) is 20.6 Å². The van der Waals surface area contributed by atoms with E-state index in [1.54, 1.807) is 12.5 Å². The molecule has 0 saturated heterocycles. The molecule has 1 aromatic rings. The summed E-state index contributed by atoms with van der Waals surface area (Å²) in [5.41, 5.74) is 12.0. The lowest BCUT2D eigenvalue weighted by molar-refractivity contribution is -0.126. The highest BCUT2D eigenvalue weighted by Gasteiger charge is 2.13. The average molecular weight is 296 g/mol. The van der Waals surface area contributed by atoms with Crippen LogP contribution in [0.15, 0.2) is 12.5 Å². The number of carbonyl (C=O) groups is 2. The second kappa shape index (κ2) is 9.89. The van der Waals surface area contributed by atoms with Gasteiger partial charge in [0.15, 0.2) is 0 Å². The van der Waals surface area contributed by atoms with Gasteiger partial charge in [-0.25, -0.2) is 4.98 Å². The number of amides is 2. The average Bonchev–Trinajstić information content (AvgIpc) is 2.98. The summed E-state index contributed by atoms with van der Waals surface area (Å²) in [5, 5.41) is 5.23. The number of carbonyl (C=O) groups excluding carboxylic acids is 2. The molecule has 0 aliphatic rings. The van der Waals surface area contributed by atoms with Gasteiger partial charge in [-0.1, -0.05) is 6.42 Å². The molecule has 2 amide bonds. The Hall–Kier alpha value is -1.93. The highest BCUT2D eigenvalue weighted by molar-refractivity contribution is 5.87. The third-order valence-corrected chi connectivity index (χ3v) is 3.00. The molecule has 8 heteroatoms. The first-order valence-electron chi connectivity index (χ1n) is 7.10. The van der Waals surface area contributed by atoms with E-state index >= 15 is 0 Å². The van der Waals surface area contributed by atoms with Gasteiger partial charge in [0, 0.05) is 24.9 Å². The highest BCUT2D eigenvalue weighted by Crippen LogP contribution is 1.97. The number of hydrogen-bond acceptors (Lipinski definition) is 5. The van der Waals surface area contributed by atoms with Crippen molar-refractivity contribution in [2.75, 3.05) is 19.6 Å². The van der Waals surface area contributed by atoms with Crippen LogP contribution in [0.4, 0.5) is 0 Å². The number of unbranched alkanes of at least 4 members (excludes halogenated alkanes) is 1. The van der Waals surface area contributed by atoms with Crippen LogP contribution in [0, 0.1) is 0 Å². The van der Waals surface area contributed by atoms with Crippen LogP contribution in [-0.2, 0) is 16.0 Å². The first-order valence-corrected chi connectivity index (χ1v) is 7.10. The quantitative estimate of drug-likeness (QED) is 0.339. The molecule has 0 aliphatic heterocycles. The molecule has 0 unspecified atom stereocenters. The van der Waals surface area contributed by atoms with Crippen molar-refractivity contribution in [2.24, 2.45) is 11.5 Å². The van der Waals surface area contributed by atoms with E-state index < -0.39 is 6.04 Å². The molecule has 7 N–H and O–H groups in total. The molecular formula is C13H24N6O2. The maximum absolute atomic E-state index is 11.6. The van der Waals surface area contributed by atoms with Crippen LogP contribution in [0.5, 0.6) is 0 Å². The smallest absolute Gasteiger partial charge is 0.239 e. The molecule has 0 spiro atoms. The van der Waals surface area contributed by atoms with Gasteiger partial charge in [0.25, 0.3) is 0 Å². The number of rotatable bonds is 10. The molecule has 0 radical (unpaired) electrons. The number of hydrogen-bond donors (Lipinski definition) is 5. The van der Waals surface area contributed by atoms with E-state index in [1.165, 1.54) is 0 Å². The van der Waals surface area contributed by atoms with Gasteiger partial charge in [0.1, 0.15) is 0 Å². The zero-order valence-electron chi connectivity index (χ0n) is 12.1. The summed E-state index contributed by atoms with van der Waals surface area (Å²) in [6, 6.07) is -0.589. The van der Waals surface area contributed by atoms with Crippen molar-refractivity contribution in [2.45, 2.75) is 31.7 Å². The molecule has 0 fully saturated rings. The monoisotopic (exact) mass is 296 g/mol. The van der Waals surface area contributed by atoms with Crippen LogP contribution in [0.1, 0.15) is 25.0 Å². The maximum atomic E-state index is 11.6. The van der Waals surface area contributed by atoms with Crippen molar-refractivity contribution in [3.05, 3.63) is 18.2 Å². The number of nitrogens with one attached hydrogen (secondary N) is 3. The Balaban J connectivity index is 2.09. The Labute approximate surface area is 124 Å². The summed E-state index contributed by atoms with van der Waals surface area (Å²) < 4.78 is 0. The van der Waals surface area contributed by atoms with Crippen LogP contribution in [0.25, 0.3) is 0 Å². The summed E-state index contributed by atoms with van der Waals surface area (Å²) >= 11 is 0. The van der Waals surface area contributed by atoms with Gasteiger partial charge >= 0.3 is 0 Å². The number of aromatic amines is 1. The van der Waals surface area contributed by atoms with E-state index in [0.717, 1.165) is 18.5 Å². The van der Waals surface area contributed by atoms with Gasteiger partial charge < -0.3 is 27.1 Å². The van der Waals surface area contributed by atoms with Crippen LogP contribution in [-0.4, -0.2) is 47.5 Å². The topological polar surface area (TPSA) is 139 Å². The first-order chi connectivity index (χ1) is 10.1. The molecule has 0 aliphatic carbocycles. The molecule has 21 heavy (non-hydrogen) atoms. The largest absolute Gasteiger partial charge is 0.354 e. The van der Waals surface area contributed by atoms with Crippen LogP contribution >= 0.6 is 0 Å². The summed E-state index contributed by atoms with van der Waals surface area (Å²) in [6.45, 7) is 1.01. The van der Waals surface area contributed by atoms with Gasteiger partial charge in [-0.3, -0.25) is 9.59 Å². The fraction of sp³-hybridized carbons (Fsp3) is 0.615. The summed E-state index contributed by atoms with van der Waals surface area (Å²) in [7, 11) is 0. The number of imidazole rings is 1. The molecular weight excluding hydrogens is 272 g/mol. The third-order valence-electron chi connectivity index (χ3n) is 3.00. The van der Waals surface area contributed by atoms with Crippen LogP contribution in [0.2, 0.25) is 0 Å². The second-order valence-corrected chi connectivity index (χ2v) is 4.79. The lowest BCUT2D eigenvalue weighted by Crippen LogP contribution is -2.45. The van der Waals surface area contributed by atoms with E-state index in [9.17, 15) is 9.59 Å². The fourth-order valence-corrected chi connectivity index (χ4v) is 1.76. The second-order valence-electron chi connectivity index (χ2n) is 4.79. The Bertz CT molecular complexity index is 420. The fourth-order valence-electron chi connectivity index (χ4n) is 1.76. The molecule has 0 bridgehead atoms. The normalized spacial score (nSPS) is 11.9. The molecule has 1 rings (SSSR count). The van der Waals surface area contributed by atoms with Crippen molar-refractivity contribution >= 4 is 11.8 Å². The summed E-state index contributed by atoms with van der Waals surface area (Å²) in [6.07, 6.45) is 6.18. The maximum Gasteiger partial charge on any atom is 0.239 e. The van der Waals surface area contributed by atoms with E-state index in [-0.39, 0.29) is 18.4 Å². The Morgan fingerprint density at radius 2 is 2.14 bits per heavy atom. The standard InChI is InChI=1S/C13H24N6O2/c14-5-2-1-3-11(15)13(21)18-8-12(20)17-6-4-10-7-16-9-19-10/h7,9,11H,1-6,8,14-15H2,(H,16,19)(H,17,20)(H,18,21)/t11-/m0/s1. The lowest BCUT2D eigenvalue weighted by Gasteiger charge is -2.12. The Morgan fingerprint density at radius 1 is 1.33 bits per heavy atom. The molecule has 118 valence electrons.